The van der Waals surface area contributed by atoms with Crippen molar-refractivity contribution in [2.75, 3.05) is 13.1 Å². The largest absolute Gasteiger partial charge is 0.461 e. The standard InChI is InChI=1S/C14H21NO2/c1-3-15(4-2)14(9-5-6-10-14)13(16)12-8-7-11-17-12/h7-8,11H,3-6,9-10H2,1-2H3. The van der Waals surface area contributed by atoms with Crippen LogP contribution in [0.2, 0.25) is 0 Å². The first-order valence-corrected chi connectivity index (χ1v) is 6.58. The van der Waals surface area contributed by atoms with Crippen LogP contribution in [-0.4, -0.2) is 29.3 Å². The van der Waals surface area contributed by atoms with Crippen molar-refractivity contribution < 1.29 is 9.21 Å². The Hall–Kier alpha value is -1.09. The predicted molar refractivity (Wildman–Crippen MR) is 67.2 cm³/mol. The summed E-state index contributed by atoms with van der Waals surface area (Å²) < 4.78 is 5.30. The van der Waals surface area contributed by atoms with Crippen LogP contribution in [0.25, 0.3) is 0 Å². The van der Waals surface area contributed by atoms with Crippen LogP contribution in [0.4, 0.5) is 0 Å². The van der Waals surface area contributed by atoms with E-state index in [4.69, 9.17) is 4.42 Å². The number of carbonyl (C=O) groups excluding carboxylic acids is 1. The van der Waals surface area contributed by atoms with Crippen LogP contribution < -0.4 is 0 Å². The maximum atomic E-state index is 12.7. The lowest BCUT2D eigenvalue weighted by Gasteiger charge is -2.38. The Labute approximate surface area is 103 Å². The monoisotopic (exact) mass is 235 g/mol. The summed E-state index contributed by atoms with van der Waals surface area (Å²) in [7, 11) is 0. The Morgan fingerprint density at radius 3 is 2.47 bits per heavy atom. The quantitative estimate of drug-likeness (QED) is 0.735. The number of Topliss-reactive ketones (excluding diaryl/α,β-unsaturated/α-hetero) is 1. The molecular weight excluding hydrogens is 214 g/mol. The molecule has 0 unspecified atom stereocenters. The molecule has 0 atom stereocenters. The van der Waals surface area contributed by atoms with Gasteiger partial charge in [0.1, 0.15) is 0 Å². The van der Waals surface area contributed by atoms with Gasteiger partial charge in [0.25, 0.3) is 0 Å². The molecule has 0 amide bonds. The van der Waals surface area contributed by atoms with Crippen molar-refractivity contribution in [2.45, 2.75) is 45.1 Å². The molecule has 3 nitrogen and oxygen atoms in total. The zero-order chi connectivity index (χ0) is 12.3. The minimum absolute atomic E-state index is 0.170. The van der Waals surface area contributed by atoms with E-state index in [0.717, 1.165) is 38.8 Å². The Kier molecular flexibility index (Phi) is 3.67. The molecule has 0 radical (unpaired) electrons. The zero-order valence-electron chi connectivity index (χ0n) is 10.7. The number of likely N-dealkylation sites (N-methyl/N-ethyl adjacent to an activating group) is 1. The third kappa shape index (κ3) is 2.04. The molecule has 1 aromatic rings. The summed E-state index contributed by atoms with van der Waals surface area (Å²) in [6, 6.07) is 3.57. The summed E-state index contributed by atoms with van der Waals surface area (Å²) in [6.45, 7) is 6.09. The normalized spacial score (nSPS) is 18.8. The van der Waals surface area contributed by atoms with Gasteiger partial charge < -0.3 is 4.42 Å². The average Bonchev–Trinajstić information content (AvgIpc) is 3.02. The van der Waals surface area contributed by atoms with Crippen molar-refractivity contribution in [1.82, 2.24) is 4.90 Å². The minimum Gasteiger partial charge on any atom is -0.461 e. The number of rotatable bonds is 5. The molecule has 1 aliphatic rings. The van der Waals surface area contributed by atoms with Crippen LogP contribution in [0, 0.1) is 0 Å². The molecule has 17 heavy (non-hydrogen) atoms. The lowest BCUT2D eigenvalue weighted by Crippen LogP contribution is -2.52. The van der Waals surface area contributed by atoms with Crippen LogP contribution in [0.3, 0.4) is 0 Å². The van der Waals surface area contributed by atoms with Gasteiger partial charge in [0, 0.05) is 0 Å². The van der Waals surface area contributed by atoms with Crippen molar-refractivity contribution in [3.8, 4) is 0 Å². The van der Waals surface area contributed by atoms with Gasteiger partial charge in [0.05, 0.1) is 11.8 Å². The van der Waals surface area contributed by atoms with Gasteiger partial charge in [-0.1, -0.05) is 26.7 Å². The average molecular weight is 235 g/mol. The fourth-order valence-electron chi connectivity index (χ4n) is 3.11. The molecule has 0 bridgehead atoms. The smallest absolute Gasteiger partial charge is 0.218 e. The number of nitrogens with zero attached hydrogens (tertiary/aromatic N) is 1. The number of hydrogen-bond donors (Lipinski definition) is 0. The van der Waals surface area contributed by atoms with Gasteiger partial charge in [0.2, 0.25) is 5.78 Å². The van der Waals surface area contributed by atoms with Crippen molar-refractivity contribution in [2.24, 2.45) is 0 Å². The number of carbonyl (C=O) groups is 1. The summed E-state index contributed by atoms with van der Waals surface area (Å²) >= 11 is 0. The maximum absolute atomic E-state index is 12.7. The van der Waals surface area contributed by atoms with E-state index in [1.54, 1.807) is 18.4 Å². The molecule has 0 spiro atoms. The second kappa shape index (κ2) is 5.05. The van der Waals surface area contributed by atoms with Crippen LogP contribution in [0.5, 0.6) is 0 Å². The van der Waals surface area contributed by atoms with Gasteiger partial charge in [-0.25, -0.2) is 0 Å². The molecule has 0 N–H and O–H groups in total. The molecule has 3 heteroatoms. The highest BCUT2D eigenvalue weighted by molar-refractivity contribution is 6.01. The summed E-state index contributed by atoms with van der Waals surface area (Å²) in [5.41, 5.74) is -0.304. The summed E-state index contributed by atoms with van der Waals surface area (Å²) in [4.78, 5) is 15.0. The lowest BCUT2D eigenvalue weighted by atomic mass is 9.88. The molecular formula is C14H21NO2. The molecule has 1 saturated carbocycles. The van der Waals surface area contributed by atoms with Gasteiger partial charge >= 0.3 is 0 Å². The molecule has 1 aromatic heterocycles. The van der Waals surface area contributed by atoms with Crippen molar-refractivity contribution in [3.05, 3.63) is 24.2 Å². The van der Waals surface area contributed by atoms with Gasteiger partial charge in [-0.05, 0) is 38.1 Å². The summed E-state index contributed by atoms with van der Waals surface area (Å²) in [5.74, 6) is 0.683. The van der Waals surface area contributed by atoms with E-state index in [2.05, 4.69) is 18.7 Å². The van der Waals surface area contributed by atoms with Crippen molar-refractivity contribution in [1.29, 1.82) is 0 Å². The SMILES string of the molecule is CCN(CC)C1(C(=O)c2ccco2)CCCC1. The van der Waals surface area contributed by atoms with Crippen LogP contribution in [0.15, 0.2) is 22.8 Å². The van der Waals surface area contributed by atoms with E-state index < -0.39 is 0 Å². The molecule has 0 aromatic carbocycles. The molecule has 1 fully saturated rings. The second-order valence-electron chi connectivity index (χ2n) is 4.72. The lowest BCUT2D eigenvalue weighted by molar-refractivity contribution is 0.0555. The van der Waals surface area contributed by atoms with E-state index in [9.17, 15) is 4.79 Å². The topological polar surface area (TPSA) is 33.5 Å². The Morgan fingerprint density at radius 2 is 2.00 bits per heavy atom. The van der Waals surface area contributed by atoms with Crippen molar-refractivity contribution in [3.63, 3.8) is 0 Å². The molecule has 1 aliphatic carbocycles. The summed E-state index contributed by atoms with van der Waals surface area (Å²) in [6.07, 6.45) is 5.80. The van der Waals surface area contributed by atoms with Gasteiger partial charge in [-0.15, -0.1) is 0 Å². The number of hydrogen-bond acceptors (Lipinski definition) is 3. The Morgan fingerprint density at radius 1 is 1.35 bits per heavy atom. The highest BCUT2D eigenvalue weighted by Gasteiger charge is 2.46. The Bertz CT molecular complexity index is 360. The Balaban J connectivity index is 2.31. The minimum atomic E-state index is -0.304. The highest BCUT2D eigenvalue weighted by Crippen LogP contribution is 2.38. The van der Waals surface area contributed by atoms with E-state index in [0.29, 0.717) is 5.76 Å². The zero-order valence-corrected chi connectivity index (χ0v) is 10.7. The molecule has 2 rings (SSSR count). The molecule has 1 heterocycles. The van der Waals surface area contributed by atoms with Gasteiger partial charge in [-0.3, -0.25) is 9.69 Å². The molecule has 0 aliphatic heterocycles. The van der Waals surface area contributed by atoms with E-state index in [1.807, 2.05) is 0 Å². The number of ketones is 1. The second-order valence-corrected chi connectivity index (χ2v) is 4.72. The molecule has 94 valence electrons. The van der Waals surface area contributed by atoms with Gasteiger partial charge in [-0.2, -0.15) is 0 Å². The van der Waals surface area contributed by atoms with Crippen LogP contribution in [-0.2, 0) is 0 Å². The fraction of sp³-hybridized carbons (Fsp3) is 0.643. The first-order valence-electron chi connectivity index (χ1n) is 6.58. The third-order valence-corrected chi connectivity index (χ3v) is 3.97. The maximum Gasteiger partial charge on any atom is 0.218 e. The third-order valence-electron chi connectivity index (χ3n) is 3.97. The van der Waals surface area contributed by atoms with Crippen LogP contribution >= 0.6 is 0 Å². The van der Waals surface area contributed by atoms with Crippen molar-refractivity contribution >= 4 is 5.78 Å². The van der Waals surface area contributed by atoms with Gasteiger partial charge in [0.15, 0.2) is 5.76 Å². The summed E-state index contributed by atoms with van der Waals surface area (Å²) in [5, 5.41) is 0. The fourth-order valence-corrected chi connectivity index (χ4v) is 3.11. The van der Waals surface area contributed by atoms with E-state index in [1.165, 1.54) is 0 Å². The van der Waals surface area contributed by atoms with E-state index in [-0.39, 0.29) is 11.3 Å². The highest BCUT2D eigenvalue weighted by atomic mass is 16.3. The molecule has 0 saturated heterocycles. The number of furan rings is 1. The van der Waals surface area contributed by atoms with Crippen LogP contribution in [0.1, 0.15) is 50.1 Å². The predicted octanol–water partition coefficient (Wildman–Crippen LogP) is 3.12. The first kappa shape index (κ1) is 12.4. The van der Waals surface area contributed by atoms with E-state index >= 15 is 0 Å². The first-order chi connectivity index (χ1) is 8.24.